The van der Waals surface area contributed by atoms with Crippen molar-refractivity contribution in [2.75, 3.05) is 18.9 Å². The van der Waals surface area contributed by atoms with E-state index in [0.29, 0.717) is 16.4 Å². The second kappa shape index (κ2) is 7.77. The van der Waals surface area contributed by atoms with Gasteiger partial charge in [-0.05, 0) is 29.6 Å². The number of carbonyl (C=O) groups excluding carboxylic acids is 2. The fourth-order valence-corrected chi connectivity index (χ4v) is 3.93. The van der Waals surface area contributed by atoms with E-state index < -0.39 is 0 Å². The zero-order valence-electron chi connectivity index (χ0n) is 13.2. The first kappa shape index (κ1) is 17.6. The molecule has 0 fully saturated rings. The van der Waals surface area contributed by atoms with Gasteiger partial charge in [0.05, 0.1) is 11.4 Å². The van der Waals surface area contributed by atoms with Crippen LogP contribution in [-0.2, 0) is 4.79 Å². The molecule has 0 aliphatic heterocycles. The number of anilines is 1. The molecule has 2 heterocycles. The lowest BCUT2D eigenvalue weighted by Crippen LogP contribution is -2.35. The Kier molecular flexibility index (Phi) is 5.47. The van der Waals surface area contributed by atoms with Gasteiger partial charge >= 0.3 is 0 Å². The Morgan fingerprint density at radius 2 is 2.08 bits per heavy atom. The number of hydrogen-bond donors (Lipinski definition) is 1. The van der Waals surface area contributed by atoms with Gasteiger partial charge < -0.3 is 10.2 Å². The van der Waals surface area contributed by atoms with E-state index in [0.717, 1.165) is 9.88 Å². The van der Waals surface area contributed by atoms with Crippen LogP contribution in [0.5, 0.6) is 0 Å². The lowest BCUT2D eigenvalue weighted by molar-refractivity contribution is -0.116. The highest BCUT2D eigenvalue weighted by molar-refractivity contribution is 7.20. The number of thiophene rings is 1. The maximum atomic E-state index is 12.4. The molecule has 8 heteroatoms. The molecule has 0 aliphatic carbocycles. The van der Waals surface area contributed by atoms with Gasteiger partial charge in [0.15, 0.2) is 0 Å². The highest BCUT2D eigenvalue weighted by Gasteiger charge is 2.18. The van der Waals surface area contributed by atoms with E-state index in [2.05, 4.69) is 10.3 Å². The molecule has 128 valence electrons. The summed E-state index contributed by atoms with van der Waals surface area (Å²) < 4.78 is 0. The summed E-state index contributed by atoms with van der Waals surface area (Å²) in [5.74, 6) is -0.591. The number of carbonyl (C=O) groups is 2. The van der Waals surface area contributed by atoms with E-state index >= 15 is 0 Å². The van der Waals surface area contributed by atoms with Gasteiger partial charge in [0.25, 0.3) is 5.91 Å². The Morgan fingerprint density at radius 1 is 1.24 bits per heavy atom. The van der Waals surface area contributed by atoms with Crippen LogP contribution in [-0.4, -0.2) is 35.3 Å². The Morgan fingerprint density at radius 3 is 2.80 bits per heavy atom. The van der Waals surface area contributed by atoms with Gasteiger partial charge in [0, 0.05) is 23.1 Å². The molecule has 2 amide bonds. The average molecular weight is 392 g/mol. The molecule has 0 saturated heterocycles. The highest BCUT2D eigenvalue weighted by atomic mass is 35.5. The molecule has 3 aromatic rings. The van der Waals surface area contributed by atoms with Crippen molar-refractivity contribution >= 4 is 51.8 Å². The van der Waals surface area contributed by atoms with Gasteiger partial charge in [-0.3, -0.25) is 9.59 Å². The summed E-state index contributed by atoms with van der Waals surface area (Å²) in [6.45, 7) is -0.0722. The van der Waals surface area contributed by atoms with Gasteiger partial charge in [-0.25, -0.2) is 4.98 Å². The highest BCUT2D eigenvalue weighted by Crippen LogP contribution is 2.28. The van der Waals surface area contributed by atoms with E-state index in [-0.39, 0.29) is 18.4 Å². The van der Waals surface area contributed by atoms with Gasteiger partial charge in [0.1, 0.15) is 10.7 Å². The minimum Gasteiger partial charge on any atom is -0.331 e. The largest absolute Gasteiger partial charge is 0.331 e. The predicted octanol–water partition coefficient (Wildman–Crippen LogP) is 4.24. The predicted molar refractivity (Wildman–Crippen MR) is 102 cm³/mol. The third-order valence-corrected chi connectivity index (χ3v) is 5.41. The zero-order valence-corrected chi connectivity index (χ0v) is 15.6. The van der Waals surface area contributed by atoms with Crippen molar-refractivity contribution in [3.63, 3.8) is 0 Å². The molecular weight excluding hydrogens is 378 g/mol. The Balaban J connectivity index is 1.61. The van der Waals surface area contributed by atoms with Crippen LogP contribution in [0.2, 0.25) is 5.02 Å². The monoisotopic (exact) mass is 391 g/mol. The van der Waals surface area contributed by atoms with Crippen molar-refractivity contribution in [1.82, 2.24) is 9.88 Å². The van der Waals surface area contributed by atoms with Crippen molar-refractivity contribution < 1.29 is 9.59 Å². The fraction of sp³-hybridized carbons (Fsp3) is 0.118. The summed E-state index contributed by atoms with van der Waals surface area (Å²) in [6, 6.07) is 10.7. The van der Waals surface area contributed by atoms with E-state index in [4.69, 9.17) is 11.6 Å². The first-order valence-electron chi connectivity index (χ1n) is 7.33. The van der Waals surface area contributed by atoms with Crippen molar-refractivity contribution in [1.29, 1.82) is 0 Å². The number of halogens is 1. The summed E-state index contributed by atoms with van der Waals surface area (Å²) in [5.41, 5.74) is 0.929. The third-order valence-electron chi connectivity index (χ3n) is 3.29. The summed E-state index contributed by atoms with van der Waals surface area (Å²) >= 11 is 8.87. The molecule has 0 spiro atoms. The molecule has 0 saturated carbocycles. The number of benzene rings is 1. The van der Waals surface area contributed by atoms with Gasteiger partial charge in [-0.1, -0.05) is 23.7 Å². The Labute approximate surface area is 157 Å². The van der Waals surface area contributed by atoms with Crippen LogP contribution in [0.15, 0.2) is 47.2 Å². The molecule has 0 bridgehead atoms. The normalized spacial score (nSPS) is 10.5. The number of aromatic nitrogens is 1. The maximum absolute atomic E-state index is 12.4. The second-order valence-electron chi connectivity index (χ2n) is 5.23. The van der Waals surface area contributed by atoms with E-state index in [1.54, 1.807) is 48.0 Å². The minimum absolute atomic E-state index is 0.0722. The fourth-order valence-electron chi connectivity index (χ4n) is 2.13. The summed E-state index contributed by atoms with van der Waals surface area (Å²) in [5, 5.41) is 7.72. The van der Waals surface area contributed by atoms with Crippen LogP contribution < -0.4 is 5.32 Å². The lowest BCUT2D eigenvalue weighted by Gasteiger charge is -2.15. The SMILES string of the molecule is CN(CC(=O)Nc1cccc(Cl)c1)C(=O)c1csc(-c2cccs2)n1. The van der Waals surface area contributed by atoms with Crippen molar-refractivity contribution in [2.45, 2.75) is 0 Å². The van der Waals surface area contributed by atoms with E-state index in [1.807, 2.05) is 17.5 Å². The van der Waals surface area contributed by atoms with E-state index in [1.165, 1.54) is 16.2 Å². The topological polar surface area (TPSA) is 62.3 Å². The maximum Gasteiger partial charge on any atom is 0.273 e. The van der Waals surface area contributed by atoms with Crippen LogP contribution in [0.25, 0.3) is 9.88 Å². The third kappa shape index (κ3) is 4.45. The number of nitrogens with zero attached hydrogens (tertiary/aromatic N) is 2. The van der Waals surface area contributed by atoms with Gasteiger partial charge in [-0.15, -0.1) is 22.7 Å². The molecule has 3 rings (SSSR count). The Bertz CT molecular complexity index is 893. The molecule has 5 nitrogen and oxygen atoms in total. The smallest absolute Gasteiger partial charge is 0.273 e. The van der Waals surface area contributed by atoms with Crippen LogP contribution >= 0.6 is 34.3 Å². The first-order chi connectivity index (χ1) is 12.0. The number of nitrogens with one attached hydrogen (secondary N) is 1. The minimum atomic E-state index is -0.299. The van der Waals surface area contributed by atoms with Crippen molar-refractivity contribution in [3.8, 4) is 9.88 Å². The summed E-state index contributed by atoms with van der Waals surface area (Å²) in [6.07, 6.45) is 0. The molecule has 1 N–H and O–H groups in total. The molecule has 25 heavy (non-hydrogen) atoms. The van der Waals surface area contributed by atoms with Crippen LogP contribution in [0, 0.1) is 0 Å². The van der Waals surface area contributed by atoms with Gasteiger partial charge in [0.2, 0.25) is 5.91 Å². The lowest BCUT2D eigenvalue weighted by atomic mass is 10.3. The number of hydrogen-bond acceptors (Lipinski definition) is 5. The van der Waals surface area contributed by atoms with Gasteiger partial charge in [-0.2, -0.15) is 0 Å². The average Bonchev–Trinajstić information content (AvgIpc) is 3.25. The molecule has 0 unspecified atom stereocenters. The van der Waals surface area contributed by atoms with Crippen molar-refractivity contribution in [2.24, 2.45) is 0 Å². The molecule has 1 aromatic carbocycles. The summed E-state index contributed by atoms with van der Waals surface area (Å²) in [4.78, 5) is 31.3. The quantitative estimate of drug-likeness (QED) is 0.707. The molecular formula is C17H14ClN3O2S2. The number of likely N-dealkylation sites (N-methyl/N-ethyl adjacent to an activating group) is 1. The molecule has 0 atom stereocenters. The molecule has 2 aromatic heterocycles. The number of thiazole rings is 1. The first-order valence-corrected chi connectivity index (χ1v) is 9.47. The van der Waals surface area contributed by atoms with E-state index in [9.17, 15) is 9.59 Å². The van der Waals surface area contributed by atoms with Crippen LogP contribution in [0.1, 0.15) is 10.5 Å². The molecule has 0 radical (unpaired) electrons. The number of rotatable bonds is 5. The number of amides is 2. The zero-order chi connectivity index (χ0) is 17.8. The second-order valence-corrected chi connectivity index (χ2v) is 7.48. The standard InChI is InChI=1S/C17H14ClN3O2S2/c1-21(9-15(22)19-12-5-2-4-11(18)8-12)17(23)13-10-25-16(20-13)14-6-3-7-24-14/h2-8,10H,9H2,1H3,(H,19,22). The van der Waals surface area contributed by atoms with Crippen LogP contribution in [0.4, 0.5) is 5.69 Å². The van der Waals surface area contributed by atoms with Crippen molar-refractivity contribution in [3.05, 3.63) is 57.9 Å². The Hall–Kier alpha value is -2.22. The molecule has 0 aliphatic rings. The van der Waals surface area contributed by atoms with Crippen LogP contribution in [0.3, 0.4) is 0 Å². The summed E-state index contributed by atoms with van der Waals surface area (Å²) in [7, 11) is 1.57.